The second-order valence-electron chi connectivity index (χ2n) is 3.73. The quantitative estimate of drug-likeness (QED) is 0.484. The van der Waals surface area contributed by atoms with Crippen LogP contribution < -0.4 is 0 Å². The standard InChI is InChI=1S/C13H14N2O/c1-2-3-13(15-16)11-4-5-12-9-14-7-6-10(12)8-11/h4-9,16H,2-3H2,1H3. The highest BCUT2D eigenvalue weighted by atomic mass is 16.4. The molecular formula is C13H14N2O. The fraction of sp³-hybridized carbons (Fsp3) is 0.231. The molecule has 0 unspecified atom stereocenters. The first-order chi connectivity index (χ1) is 7.85. The minimum Gasteiger partial charge on any atom is -0.411 e. The van der Waals surface area contributed by atoms with E-state index >= 15 is 0 Å². The predicted molar refractivity (Wildman–Crippen MR) is 65.0 cm³/mol. The molecular weight excluding hydrogens is 200 g/mol. The molecule has 0 aliphatic rings. The van der Waals surface area contributed by atoms with Crippen molar-refractivity contribution in [2.75, 3.05) is 0 Å². The average Bonchev–Trinajstić information content (AvgIpc) is 2.35. The Balaban J connectivity index is 2.46. The Morgan fingerprint density at radius 1 is 1.31 bits per heavy atom. The van der Waals surface area contributed by atoms with Crippen LogP contribution in [0.5, 0.6) is 0 Å². The molecule has 1 aromatic carbocycles. The number of oxime groups is 1. The highest BCUT2D eigenvalue weighted by molar-refractivity contribution is 6.03. The number of fused-ring (bicyclic) bond motifs is 1. The summed E-state index contributed by atoms with van der Waals surface area (Å²) >= 11 is 0. The summed E-state index contributed by atoms with van der Waals surface area (Å²) in [4.78, 5) is 4.06. The molecule has 3 nitrogen and oxygen atoms in total. The Morgan fingerprint density at radius 2 is 2.19 bits per heavy atom. The lowest BCUT2D eigenvalue weighted by Crippen LogP contribution is -2.00. The molecule has 0 fully saturated rings. The zero-order valence-corrected chi connectivity index (χ0v) is 9.22. The molecule has 0 aliphatic heterocycles. The molecule has 0 saturated carbocycles. The molecule has 2 aromatic rings. The van der Waals surface area contributed by atoms with E-state index in [4.69, 9.17) is 5.21 Å². The van der Waals surface area contributed by atoms with Crippen molar-refractivity contribution in [1.29, 1.82) is 0 Å². The van der Waals surface area contributed by atoms with Gasteiger partial charge in [-0.3, -0.25) is 4.98 Å². The number of nitrogens with zero attached hydrogens (tertiary/aromatic N) is 2. The Hall–Kier alpha value is -1.90. The fourth-order valence-corrected chi connectivity index (χ4v) is 1.75. The van der Waals surface area contributed by atoms with Crippen molar-refractivity contribution in [1.82, 2.24) is 4.98 Å². The van der Waals surface area contributed by atoms with Gasteiger partial charge in [0.25, 0.3) is 0 Å². The van der Waals surface area contributed by atoms with Gasteiger partial charge >= 0.3 is 0 Å². The molecule has 1 heterocycles. The van der Waals surface area contributed by atoms with Crippen molar-refractivity contribution in [3.63, 3.8) is 0 Å². The molecule has 1 N–H and O–H groups in total. The summed E-state index contributed by atoms with van der Waals surface area (Å²) in [6.07, 6.45) is 5.34. The van der Waals surface area contributed by atoms with Gasteiger partial charge in [-0.1, -0.05) is 30.6 Å². The molecule has 0 radical (unpaired) electrons. The zero-order chi connectivity index (χ0) is 11.4. The van der Waals surface area contributed by atoms with E-state index in [1.807, 2.05) is 30.5 Å². The molecule has 0 aliphatic carbocycles. The highest BCUT2D eigenvalue weighted by Crippen LogP contribution is 2.16. The molecule has 2 rings (SSSR count). The first-order valence-electron chi connectivity index (χ1n) is 5.40. The van der Waals surface area contributed by atoms with Gasteiger partial charge in [0.2, 0.25) is 0 Å². The maximum absolute atomic E-state index is 8.96. The van der Waals surface area contributed by atoms with Crippen LogP contribution in [0, 0.1) is 0 Å². The van der Waals surface area contributed by atoms with E-state index < -0.39 is 0 Å². The summed E-state index contributed by atoms with van der Waals surface area (Å²) in [7, 11) is 0. The third kappa shape index (κ3) is 2.03. The van der Waals surface area contributed by atoms with Gasteiger partial charge in [0.15, 0.2) is 0 Å². The van der Waals surface area contributed by atoms with Gasteiger partial charge < -0.3 is 5.21 Å². The van der Waals surface area contributed by atoms with Gasteiger partial charge in [-0.25, -0.2) is 0 Å². The minimum atomic E-state index is 0.737. The number of hydrogen-bond donors (Lipinski definition) is 1. The average molecular weight is 214 g/mol. The van der Waals surface area contributed by atoms with Gasteiger partial charge in [0.1, 0.15) is 0 Å². The van der Waals surface area contributed by atoms with Crippen LogP contribution in [0.1, 0.15) is 25.3 Å². The normalized spacial score (nSPS) is 11.9. The first kappa shape index (κ1) is 10.6. The molecule has 0 saturated heterocycles. The fourth-order valence-electron chi connectivity index (χ4n) is 1.75. The van der Waals surface area contributed by atoms with Crippen molar-refractivity contribution in [3.05, 3.63) is 42.2 Å². The maximum Gasteiger partial charge on any atom is 0.0867 e. The van der Waals surface area contributed by atoms with Gasteiger partial charge in [-0.15, -0.1) is 0 Å². The van der Waals surface area contributed by atoms with Crippen LogP contribution in [0.3, 0.4) is 0 Å². The minimum absolute atomic E-state index is 0.737. The first-order valence-corrected chi connectivity index (χ1v) is 5.40. The Bertz CT molecular complexity index is 520. The molecule has 0 spiro atoms. The van der Waals surface area contributed by atoms with E-state index in [2.05, 4.69) is 17.1 Å². The largest absolute Gasteiger partial charge is 0.411 e. The van der Waals surface area contributed by atoms with Crippen LogP contribution in [0.25, 0.3) is 10.8 Å². The highest BCUT2D eigenvalue weighted by Gasteiger charge is 2.04. The number of hydrogen-bond acceptors (Lipinski definition) is 3. The van der Waals surface area contributed by atoms with E-state index in [0.717, 1.165) is 34.9 Å². The summed E-state index contributed by atoms with van der Waals surface area (Å²) in [5, 5.41) is 14.5. The van der Waals surface area contributed by atoms with Gasteiger partial charge in [0, 0.05) is 17.8 Å². The van der Waals surface area contributed by atoms with E-state index in [-0.39, 0.29) is 0 Å². The van der Waals surface area contributed by atoms with E-state index in [0.29, 0.717) is 0 Å². The maximum atomic E-state index is 8.96. The second kappa shape index (κ2) is 4.75. The topological polar surface area (TPSA) is 45.5 Å². The van der Waals surface area contributed by atoms with E-state index in [9.17, 15) is 0 Å². The monoisotopic (exact) mass is 214 g/mol. The molecule has 0 atom stereocenters. The molecule has 16 heavy (non-hydrogen) atoms. The van der Waals surface area contributed by atoms with Crippen LogP contribution in [0.15, 0.2) is 41.8 Å². The Morgan fingerprint density at radius 3 is 2.94 bits per heavy atom. The van der Waals surface area contributed by atoms with Crippen LogP contribution in [0.4, 0.5) is 0 Å². The number of aromatic nitrogens is 1. The Labute approximate surface area is 94.4 Å². The van der Waals surface area contributed by atoms with Gasteiger partial charge in [0.05, 0.1) is 5.71 Å². The summed E-state index contributed by atoms with van der Waals surface area (Å²) in [6.45, 7) is 2.07. The lowest BCUT2D eigenvalue weighted by atomic mass is 10.0. The Kier molecular flexibility index (Phi) is 3.15. The second-order valence-corrected chi connectivity index (χ2v) is 3.73. The summed E-state index contributed by atoms with van der Waals surface area (Å²) in [6, 6.07) is 7.95. The van der Waals surface area contributed by atoms with Crippen LogP contribution >= 0.6 is 0 Å². The molecule has 82 valence electrons. The van der Waals surface area contributed by atoms with Crippen molar-refractivity contribution in [3.8, 4) is 0 Å². The zero-order valence-electron chi connectivity index (χ0n) is 9.22. The van der Waals surface area contributed by atoms with Crippen molar-refractivity contribution in [2.45, 2.75) is 19.8 Å². The smallest absolute Gasteiger partial charge is 0.0867 e. The molecule has 0 amide bonds. The van der Waals surface area contributed by atoms with Crippen molar-refractivity contribution >= 4 is 16.5 Å². The van der Waals surface area contributed by atoms with Gasteiger partial charge in [-0.05, 0) is 29.5 Å². The number of pyridine rings is 1. The SMILES string of the molecule is CCCC(=NO)c1ccc2cnccc2c1. The number of rotatable bonds is 3. The molecule has 3 heteroatoms. The molecule has 0 bridgehead atoms. The molecule has 1 aromatic heterocycles. The predicted octanol–water partition coefficient (Wildman–Crippen LogP) is 3.21. The van der Waals surface area contributed by atoms with Crippen molar-refractivity contribution in [2.24, 2.45) is 5.16 Å². The summed E-state index contributed by atoms with van der Waals surface area (Å²) in [5.41, 5.74) is 1.71. The van der Waals surface area contributed by atoms with E-state index in [1.54, 1.807) is 6.20 Å². The lowest BCUT2D eigenvalue weighted by Gasteiger charge is -2.04. The lowest BCUT2D eigenvalue weighted by molar-refractivity contribution is 0.318. The van der Waals surface area contributed by atoms with Crippen LogP contribution in [-0.4, -0.2) is 15.9 Å². The summed E-state index contributed by atoms with van der Waals surface area (Å²) in [5.74, 6) is 0. The summed E-state index contributed by atoms with van der Waals surface area (Å²) < 4.78 is 0. The van der Waals surface area contributed by atoms with Crippen molar-refractivity contribution < 1.29 is 5.21 Å². The van der Waals surface area contributed by atoms with E-state index in [1.165, 1.54) is 0 Å². The van der Waals surface area contributed by atoms with Gasteiger partial charge in [-0.2, -0.15) is 0 Å². The third-order valence-electron chi connectivity index (χ3n) is 2.58. The van der Waals surface area contributed by atoms with Crippen LogP contribution in [-0.2, 0) is 0 Å². The van der Waals surface area contributed by atoms with Crippen LogP contribution in [0.2, 0.25) is 0 Å². The number of benzene rings is 1. The third-order valence-corrected chi connectivity index (χ3v) is 2.58.